The van der Waals surface area contributed by atoms with Crippen molar-refractivity contribution in [2.75, 3.05) is 32.7 Å². The Bertz CT molecular complexity index is 463. The largest absolute Gasteiger partial charge is 0.386 e. The van der Waals surface area contributed by atoms with E-state index in [4.69, 9.17) is 0 Å². The first-order chi connectivity index (χ1) is 10.7. The zero-order valence-electron chi connectivity index (χ0n) is 13.1. The summed E-state index contributed by atoms with van der Waals surface area (Å²) in [4.78, 5) is 17.9. The number of hydrogen-bond acceptors (Lipinski definition) is 4. The summed E-state index contributed by atoms with van der Waals surface area (Å²) in [5.74, 6) is 0.648. The molecule has 1 saturated heterocycles. The molecule has 0 unspecified atom stereocenters. The Morgan fingerprint density at radius 2 is 1.95 bits per heavy atom. The molecule has 0 bridgehead atoms. The lowest BCUT2D eigenvalue weighted by molar-refractivity contribution is -0.138. The van der Waals surface area contributed by atoms with Crippen LogP contribution < -0.4 is 0 Å². The van der Waals surface area contributed by atoms with E-state index in [1.807, 2.05) is 22.4 Å². The van der Waals surface area contributed by atoms with E-state index < -0.39 is 6.10 Å². The van der Waals surface area contributed by atoms with Gasteiger partial charge in [-0.25, -0.2) is 0 Å². The highest BCUT2D eigenvalue weighted by Crippen LogP contribution is 2.26. The molecule has 1 N–H and O–H groups in total. The van der Waals surface area contributed by atoms with Crippen LogP contribution in [0.1, 0.15) is 43.1 Å². The van der Waals surface area contributed by atoms with Crippen molar-refractivity contribution in [3.63, 3.8) is 0 Å². The molecule has 1 aliphatic heterocycles. The second-order valence-electron chi connectivity index (χ2n) is 6.49. The third-order valence-corrected chi connectivity index (χ3v) is 5.91. The van der Waals surface area contributed by atoms with E-state index in [2.05, 4.69) is 4.90 Å². The van der Waals surface area contributed by atoms with Crippen molar-refractivity contribution in [2.45, 2.75) is 38.2 Å². The van der Waals surface area contributed by atoms with Crippen LogP contribution >= 0.6 is 11.3 Å². The molecule has 1 aromatic rings. The smallest absolute Gasteiger partial charge is 0.225 e. The van der Waals surface area contributed by atoms with E-state index in [9.17, 15) is 9.90 Å². The van der Waals surface area contributed by atoms with Gasteiger partial charge in [-0.1, -0.05) is 25.3 Å². The first-order valence-electron chi connectivity index (χ1n) is 8.46. The Balaban J connectivity index is 1.44. The Kier molecular flexibility index (Phi) is 5.50. The molecule has 1 saturated carbocycles. The molecule has 0 aromatic carbocycles. The molecule has 1 aromatic heterocycles. The molecule has 4 nitrogen and oxygen atoms in total. The fraction of sp³-hybridized carbons (Fsp3) is 0.706. The minimum Gasteiger partial charge on any atom is -0.386 e. The first kappa shape index (κ1) is 16.0. The van der Waals surface area contributed by atoms with Gasteiger partial charge >= 0.3 is 0 Å². The number of piperazine rings is 1. The number of carbonyl (C=O) groups excluding carboxylic acids is 1. The normalized spacial score (nSPS) is 22.7. The minimum absolute atomic E-state index is 0.275. The lowest BCUT2D eigenvalue weighted by Crippen LogP contribution is -2.51. The summed E-state index contributed by atoms with van der Waals surface area (Å²) >= 11 is 1.60. The van der Waals surface area contributed by atoms with Crippen LogP contribution in [0.15, 0.2) is 17.5 Å². The summed E-state index contributed by atoms with van der Waals surface area (Å²) in [6.45, 7) is 4.05. The van der Waals surface area contributed by atoms with Gasteiger partial charge in [-0.05, 0) is 24.3 Å². The third kappa shape index (κ3) is 3.89. The molecule has 1 atom stereocenters. The van der Waals surface area contributed by atoms with Crippen LogP contribution in [0, 0.1) is 5.92 Å². The van der Waals surface area contributed by atoms with Crippen molar-refractivity contribution in [3.8, 4) is 0 Å². The van der Waals surface area contributed by atoms with Crippen molar-refractivity contribution in [2.24, 2.45) is 5.92 Å². The second-order valence-corrected chi connectivity index (χ2v) is 7.47. The number of β-amino-alcohol motifs (C(OH)–C–C–N with tert-alkyl or cyclic N) is 1. The lowest BCUT2D eigenvalue weighted by atomic mass is 9.88. The topological polar surface area (TPSA) is 43.8 Å². The summed E-state index contributed by atoms with van der Waals surface area (Å²) in [5.41, 5.74) is 0. The maximum absolute atomic E-state index is 12.5. The predicted octanol–water partition coefficient (Wildman–Crippen LogP) is 2.51. The SMILES string of the molecule is O=C(C1CCCCC1)N1CCN(C[C@@H](O)c2cccs2)CC1. The highest BCUT2D eigenvalue weighted by molar-refractivity contribution is 7.10. The van der Waals surface area contributed by atoms with Crippen LogP contribution in [0.4, 0.5) is 0 Å². The number of amides is 1. The summed E-state index contributed by atoms with van der Waals surface area (Å²) in [7, 11) is 0. The Morgan fingerprint density at radius 3 is 2.59 bits per heavy atom. The third-order valence-electron chi connectivity index (χ3n) is 4.94. The zero-order chi connectivity index (χ0) is 15.4. The van der Waals surface area contributed by atoms with Crippen molar-refractivity contribution >= 4 is 17.2 Å². The van der Waals surface area contributed by atoms with Gasteiger partial charge in [0.15, 0.2) is 0 Å². The molecular weight excluding hydrogens is 296 g/mol. The van der Waals surface area contributed by atoms with Crippen LogP contribution in [0.2, 0.25) is 0 Å². The highest BCUT2D eigenvalue weighted by Gasteiger charge is 2.28. The molecule has 22 heavy (non-hydrogen) atoms. The summed E-state index contributed by atoms with van der Waals surface area (Å²) < 4.78 is 0. The van der Waals surface area contributed by atoms with Crippen molar-refractivity contribution in [3.05, 3.63) is 22.4 Å². The van der Waals surface area contributed by atoms with E-state index in [0.29, 0.717) is 12.5 Å². The summed E-state index contributed by atoms with van der Waals surface area (Å²) in [6.07, 6.45) is 5.47. The first-order valence-corrected chi connectivity index (χ1v) is 9.34. The molecule has 0 radical (unpaired) electrons. The molecule has 122 valence electrons. The van der Waals surface area contributed by atoms with Gasteiger partial charge in [0.25, 0.3) is 0 Å². The van der Waals surface area contributed by atoms with Gasteiger partial charge in [0.05, 0.1) is 0 Å². The zero-order valence-corrected chi connectivity index (χ0v) is 13.9. The molecule has 1 amide bonds. The molecule has 5 heteroatoms. The maximum atomic E-state index is 12.5. The van der Waals surface area contributed by atoms with Crippen molar-refractivity contribution < 1.29 is 9.90 Å². The molecule has 1 aliphatic carbocycles. The second kappa shape index (κ2) is 7.57. The lowest BCUT2D eigenvalue weighted by Gasteiger charge is -2.37. The number of aliphatic hydroxyl groups is 1. The number of carbonyl (C=O) groups is 1. The van der Waals surface area contributed by atoms with Crippen LogP contribution in [0.3, 0.4) is 0 Å². The Labute approximate surface area is 136 Å². The Morgan fingerprint density at radius 1 is 1.23 bits per heavy atom. The van der Waals surface area contributed by atoms with E-state index in [-0.39, 0.29) is 5.92 Å². The standard InChI is InChI=1S/C17H26N2O2S/c20-15(16-7-4-12-22-16)13-18-8-10-19(11-9-18)17(21)14-5-2-1-3-6-14/h4,7,12,14-15,20H,1-3,5-6,8-11,13H2/t15-/m1/s1. The fourth-order valence-corrected chi connectivity index (χ4v) is 4.28. The number of hydrogen-bond donors (Lipinski definition) is 1. The molecule has 2 heterocycles. The van der Waals surface area contributed by atoms with E-state index >= 15 is 0 Å². The van der Waals surface area contributed by atoms with Crippen molar-refractivity contribution in [1.82, 2.24) is 9.80 Å². The highest BCUT2D eigenvalue weighted by atomic mass is 32.1. The Hall–Kier alpha value is -0.910. The molecule has 2 fully saturated rings. The van der Waals surface area contributed by atoms with Crippen molar-refractivity contribution in [1.29, 1.82) is 0 Å². The fourth-order valence-electron chi connectivity index (χ4n) is 3.57. The van der Waals surface area contributed by atoms with Gasteiger partial charge in [-0.3, -0.25) is 9.69 Å². The average molecular weight is 322 g/mol. The minimum atomic E-state index is -0.402. The molecular formula is C17H26N2O2S. The molecule has 2 aliphatic rings. The van der Waals surface area contributed by atoms with Crippen LogP contribution in [0.5, 0.6) is 0 Å². The molecule has 0 spiro atoms. The number of aliphatic hydroxyl groups excluding tert-OH is 1. The average Bonchev–Trinajstić information content (AvgIpc) is 3.10. The summed E-state index contributed by atoms with van der Waals surface area (Å²) in [6, 6.07) is 3.96. The maximum Gasteiger partial charge on any atom is 0.225 e. The van der Waals surface area contributed by atoms with Crippen LogP contribution in [-0.4, -0.2) is 53.5 Å². The van der Waals surface area contributed by atoms with Gasteiger partial charge in [0, 0.05) is 43.5 Å². The van der Waals surface area contributed by atoms with Gasteiger partial charge in [0.2, 0.25) is 5.91 Å². The quantitative estimate of drug-likeness (QED) is 0.926. The monoisotopic (exact) mass is 322 g/mol. The van der Waals surface area contributed by atoms with Gasteiger partial charge in [-0.2, -0.15) is 0 Å². The predicted molar refractivity (Wildman–Crippen MR) is 88.9 cm³/mol. The van der Waals surface area contributed by atoms with Gasteiger partial charge in [0.1, 0.15) is 6.10 Å². The number of rotatable bonds is 4. The van der Waals surface area contributed by atoms with Gasteiger partial charge in [-0.15, -0.1) is 11.3 Å². The number of nitrogens with zero attached hydrogens (tertiary/aromatic N) is 2. The van der Waals surface area contributed by atoms with Crippen LogP contribution in [0.25, 0.3) is 0 Å². The summed E-state index contributed by atoms with van der Waals surface area (Å²) in [5, 5.41) is 12.2. The van der Waals surface area contributed by atoms with E-state index in [1.54, 1.807) is 11.3 Å². The number of thiophene rings is 1. The van der Waals surface area contributed by atoms with Crippen LogP contribution in [-0.2, 0) is 4.79 Å². The van der Waals surface area contributed by atoms with E-state index in [1.165, 1.54) is 19.3 Å². The van der Waals surface area contributed by atoms with E-state index in [0.717, 1.165) is 43.9 Å². The molecule has 3 rings (SSSR count). The van der Waals surface area contributed by atoms with Gasteiger partial charge < -0.3 is 10.0 Å².